The van der Waals surface area contributed by atoms with Crippen LogP contribution in [0.4, 0.5) is 9.59 Å². The largest absolute Gasteiger partial charge is 0.444 e. The first-order valence-corrected chi connectivity index (χ1v) is 18.6. The smallest absolute Gasteiger partial charge is 0.407 e. The predicted octanol–water partition coefficient (Wildman–Crippen LogP) is 6.38. The predicted molar refractivity (Wildman–Crippen MR) is 197 cm³/mol. The van der Waals surface area contributed by atoms with E-state index in [0.29, 0.717) is 38.3 Å². The van der Waals surface area contributed by atoms with Crippen molar-refractivity contribution in [3.8, 4) is 0 Å². The Labute approximate surface area is 298 Å². The Bertz CT molecular complexity index is 1530. The lowest BCUT2D eigenvalue weighted by molar-refractivity contribution is 0.0891. The number of aliphatic hydroxyl groups is 1. The highest BCUT2D eigenvalue weighted by molar-refractivity contribution is 7.09. The van der Waals surface area contributed by atoms with Crippen molar-refractivity contribution in [2.24, 2.45) is 5.92 Å². The van der Waals surface area contributed by atoms with Crippen LogP contribution in [0.15, 0.2) is 77.8 Å². The van der Waals surface area contributed by atoms with Gasteiger partial charge in [-0.25, -0.2) is 14.6 Å². The molecule has 0 saturated carbocycles. The molecule has 0 saturated heterocycles. The fourth-order valence-corrected chi connectivity index (χ4v) is 6.71. The minimum Gasteiger partial charge on any atom is -0.444 e. The summed E-state index contributed by atoms with van der Waals surface area (Å²) in [5, 5.41) is 24.6. The van der Waals surface area contributed by atoms with Crippen molar-refractivity contribution in [3.63, 3.8) is 0 Å². The third-order valence-electron chi connectivity index (χ3n) is 8.30. The van der Waals surface area contributed by atoms with E-state index < -0.39 is 18.2 Å². The second-order valence-corrected chi connectivity index (χ2v) is 14.9. The summed E-state index contributed by atoms with van der Waals surface area (Å²) in [5.74, 6) is 0.504. The van der Waals surface area contributed by atoms with Gasteiger partial charge >= 0.3 is 12.1 Å². The number of alkyl carbamates (subject to hydrolysis) is 1. The number of ether oxygens (including phenoxy) is 1. The van der Waals surface area contributed by atoms with Gasteiger partial charge in [0, 0.05) is 43.2 Å². The second-order valence-electron chi connectivity index (χ2n) is 13.1. The van der Waals surface area contributed by atoms with Crippen LogP contribution in [0, 0.1) is 5.92 Å². The molecule has 4 N–H and O–H groups in total. The van der Waals surface area contributed by atoms with Crippen molar-refractivity contribution in [2.45, 2.75) is 90.3 Å². The number of hydrogen-bond acceptors (Lipinski definition) is 9. The summed E-state index contributed by atoms with van der Waals surface area (Å²) >= 11 is 3.04. The second kappa shape index (κ2) is 19.4. The number of urea groups is 1. The van der Waals surface area contributed by atoms with Gasteiger partial charge in [0.05, 0.1) is 39.8 Å². The van der Waals surface area contributed by atoms with Crippen LogP contribution in [0.2, 0.25) is 0 Å². The van der Waals surface area contributed by atoms with Gasteiger partial charge in [-0.3, -0.25) is 4.98 Å². The van der Waals surface area contributed by atoms with Crippen molar-refractivity contribution in [3.05, 3.63) is 104 Å². The number of nitrogens with zero attached hydrogens (tertiary/aromatic N) is 3. The van der Waals surface area contributed by atoms with Crippen LogP contribution in [-0.2, 0) is 30.7 Å². The van der Waals surface area contributed by atoms with Gasteiger partial charge in [0.25, 0.3) is 0 Å². The molecule has 10 nitrogen and oxygen atoms in total. The monoisotopic (exact) mass is 706 g/mol. The summed E-state index contributed by atoms with van der Waals surface area (Å²) in [6.07, 6.45) is 1.65. The summed E-state index contributed by atoms with van der Waals surface area (Å²) < 4.78 is 5.46. The minimum absolute atomic E-state index is 0.114. The molecule has 2 heterocycles. The van der Waals surface area contributed by atoms with Crippen molar-refractivity contribution in [2.75, 3.05) is 13.6 Å². The maximum absolute atomic E-state index is 13.3. The summed E-state index contributed by atoms with van der Waals surface area (Å²) in [7, 11) is 1.78. The normalized spacial score (nSPS) is 13.9. The van der Waals surface area contributed by atoms with E-state index in [1.54, 1.807) is 35.0 Å². The standard InChI is InChI=1S/C37H50N6O4S2/c1-25(2)33(41-36(45)43(5)21-30-23-48-35(40-30)26(3)4)20-39-29(16-27-12-8-6-9-13-27)18-34(44)32(17-28-14-10-7-11-15-28)42-37(46)47-22-31-19-38-24-49-31/h6-15,19,23-26,29,32-34,39,44H,16-18,20-22H2,1-5H3,(H,41,45)(H,42,46)/t29-,32-,33-,34+/m0/s1. The highest BCUT2D eigenvalue weighted by Crippen LogP contribution is 2.20. The van der Waals surface area contributed by atoms with Gasteiger partial charge in [-0.1, -0.05) is 88.4 Å². The third kappa shape index (κ3) is 12.8. The van der Waals surface area contributed by atoms with Gasteiger partial charge in [0.1, 0.15) is 6.61 Å². The molecule has 4 rings (SSSR count). The number of nitrogens with one attached hydrogen (secondary N) is 3. The van der Waals surface area contributed by atoms with Gasteiger partial charge in [0.2, 0.25) is 0 Å². The maximum atomic E-state index is 13.3. The number of benzene rings is 2. The molecule has 0 aliphatic heterocycles. The first kappa shape index (κ1) is 38.0. The first-order valence-electron chi connectivity index (χ1n) is 16.8. The number of hydrogen-bond donors (Lipinski definition) is 4. The van der Waals surface area contributed by atoms with E-state index in [1.807, 2.05) is 53.9 Å². The topological polar surface area (TPSA) is 129 Å². The molecule has 49 heavy (non-hydrogen) atoms. The fraction of sp³-hybridized carbons (Fsp3) is 0.459. The van der Waals surface area contributed by atoms with Crippen LogP contribution in [0.3, 0.4) is 0 Å². The zero-order valence-corrected chi connectivity index (χ0v) is 30.7. The van der Waals surface area contributed by atoms with Gasteiger partial charge < -0.3 is 30.7 Å². The Morgan fingerprint density at radius 2 is 1.59 bits per heavy atom. The molecule has 0 unspecified atom stereocenters. The molecule has 4 atom stereocenters. The molecule has 0 fully saturated rings. The fourth-order valence-electron chi connectivity index (χ4n) is 5.38. The number of carbonyl (C=O) groups excluding carboxylic acids is 2. The van der Waals surface area contributed by atoms with E-state index >= 15 is 0 Å². The van der Waals surface area contributed by atoms with E-state index in [9.17, 15) is 14.7 Å². The Balaban J connectivity index is 1.42. The molecule has 0 aliphatic rings. The van der Waals surface area contributed by atoms with E-state index in [1.165, 1.54) is 11.3 Å². The van der Waals surface area contributed by atoms with Gasteiger partial charge in [-0.15, -0.1) is 22.7 Å². The third-order valence-corrected chi connectivity index (χ3v) is 10.2. The number of thiazole rings is 2. The molecule has 2 aromatic carbocycles. The Morgan fingerprint density at radius 1 is 0.918 bits per heavy atom. The molecule has 3 amide bonds. The average molecular weight is 707 g/mol. The molecule has 0 spiro atoms. The van der Waals surface area contributed by atoms with Crippen LogP contribution in [0.5, 0.6) is 0 Å². The van der Waals surface area contributed by atoms with E-state index in [0.717, 1.165) is 26.7 Å². The molecule has 12 heteroatoms. The number of rotatable bonds is 18. The van der Waals surface area contributed by atoms with Crippen LogP contribution in [-0.4, -0.2) is 69.9 Å². The lowest BCUT2D eigenvalue weighted by Gasteiger charge is -2.31. The summed E-state index contributed by atoms with van der Waals surface area (Å²) in [6.45, 7) is 9.44. The SMILES string of the molecule is CC(C)c1nc(CN(C)C(=O)N[C@@H](CN[C@@H](Cc2ccccc2)C[C@@H](O)[C@H](Cc2ccccc2)NC(=O)OCc2cncs2)C(C)C)cs1. The molecule has 2 aromatic heterocycles. The maximum Gasteiger partial charge on any atom is 0.407 e. The minimum atomic E-state index is -0.885. The van der Waals surface area contributed by atoms with E-state index in [-0.39, 0.29) is 30.6 Å². The van der Waals surface area contributed by atoms with Gasteiger partial charge in [0.15, 0.2) is 0 Å². The van der Waals surface area contributed by atoms with Crippen molar-refractivity contribution < 1.29 is 19.4 Å². The molecular weight excluding hydrogens is 657 g/mol. The van der Waals surface area contributed by atoms with Crippen LogP contribution in [0.25, 0.3) is 0 Å². The quantitative estimate of drug-likeness (QED) is 0.0946. The number of aliphatic hydroxyl groups excluding tert-OH is 1. The molecule has 0 radical (unpaired) electrons. The van der Waals surface area contributed by atoms with Gasteiger partial charge in [-0.05, 0) is 36.3 Å². The average Bonchev–Trinajstić information content (AvgIpc) is 3.79. The van der Waals surface area contributed by atoms with Crippen molar-refractivity contribution in [1.82, 2.24) is 30.8 Å². The number of carbonyl (C=O) groups is 2. The zero-order chi connectivity index (χ0) is 35.2. The molecule has 264 valence electrons. The first-order chi connectivity index (χ1) is 23.6. The molecule has 4 aromatic rings. The number of amides is 3. The summed E-state index contributed by atoms with van der Waals surface area (Å²) in [4.78, 5) is 37.4. The molecule has 0 bridgehead atoms. The number of aromatic nitrogens is 2. The highest BCUT2D eigenvalue weighted by Gasteiger charge is 2.27. The Hall–Kier alpha value is -3.84. The Morgan fingerprint density at radius 3 is 2.18 bits per heavy atom. The van der Waals surface area contributed by atoms with Crippen molar-refractivity contribution >= 4 is 34.8 Å². The van der Waals surface area contributed by atoms with Crippen molar-refractivity contribution in [1.29, 1.82) is 0 Å². The summed E-state index contributed by atoms with van der Waals surface area (Å²) in [6, 6.07) is 18.8. The van der Waals surface area contributed by atoms with Crippen LogP contribution >= 0.6 is 22.7 Å². The Kier molecular flexibility index (Phi) is 15.0. The lowest BCUT2D eigenvalue weighted by atomic mass is 9.93. The van der Waals surface area contributed by atoms with Gasteiger partial charge in [-0.2, -0.15) is 0 Å². The van der Waals surface area contributed by atoms with Crippen LogP contribution < -0.4 is 16.0 Å². The lowest BCUT2D eigenvalue weighted by Crippen LogP contribution is -2.52. The van der Waals surface area contributed by atoms with E-state index in [2.05, 4.69) is 65.7 Å². The van der Waals surface area contributed by atoms with E-state index in [4.69, 9.17) is 4.74 Å². The van der Waals surface area contributed by atoms with Crippen LogP contribution in [0.1, 0.15) is 66.7 Å². The zero-order valence-electron chi connectivity index (χ0n) is 29.0. The molecular formula is C37H50N6O4S2. The summed E-state index contributed by atoms with van der Waals surface area (Å²) in [5.41, 5.74) is 4.69. The highest BCUT2D eigenvalue weighted by atomic mass is 32.1. The molecule has 0 aliphatic carbocycles.